The van der Waals surface area contributed by atoms with E-state index in [1.807, 2.05) is 13.8 Å². The van der Waals surface area contributed by atoms with E-state index >= 15 is 0 Å². The molecule has 22 heavy (non-hydrogen) atoms. The smallest absolute Gasteiger partial charge is 0.276 e. The third kappa shape index (κ3) is 3.34. The van der Waals surface area contributed by atoms with Crippen LogP contribution in [0.5, 0.6) is 11.5 Å². The molecular weight excluding hydrogens is 324 g/mol. The van der Waals surface area contributed by atoms with E-state index in [1.165, 1.54) is 12.0 Å². The minimum Gasteiger partial charge on any atom is -0.503 e. The van der Waals surface area contributed by atoms with E-state index in [9.17, 15) is 9.90 Å². The molecule has 0 spiro atoms. The second kappa shape index (κ2) is 6.54. The van der Waals surface area contributed by atoms with Crippen LogP contribution >= 0.6 is 23.8 Å². The van der Waals surface area contributed by atoms with Gasteiger partial charge < -0.3 is 15.2 Å². The Bertz CT molecular complexity index is 658. The normalized spacial score (nSPS) is 16.6. The molecule has 118 valence electrons. The topological polar surface area (TPSA) is 61.8 Å². The number of carbonyl (C=O) groups is 1. The molecule has 1 saturated heterocycles. The number of phenolic OH excluding ortho intramolecular Hbond substituents is 1. The van der Waals surface area contributed by atoms with Crippen molar-refractivity contribution in [3.63, 3.8) is 0 Å². The number of hydrogen-bond acceptors (Lipinski definition) is 4. The van der Waals surface area contributed by atoms with Gasteiger partial charge in [0.2, 0.25) is 0 Å². The minimum absolute atomic E-state index is 0.131. The highest BCUT2D eigenvalue weighted by atomic mass is 35.5. The molecule has 0 saturated carbocycles. The van der Waals surface area contributed by atoms with Crippen molar-refractivity contribution in [3.05, 3.63) is 28.4 Å². The van der Waals surface area contributed by atoms with Crippen LogP contribution in [0.25, 0.3) is 6.08 Å². The van der Waals surface area contributed by atoms with Crippen LogP contribution in [0.15, 0.2) is 17.8 Å². The summed E-state index contributed by atoms with van der Waals surface area (Å²) < 4.78 is 5.05. The van der Waals surface area contributed by atoms with Crippen LogP contribution in [0.4, 0.5) is 0 Å². The zero-order valence-corrected chi connectivity index (χ0v) is 14.1. The van der Waals surface area contributed by atoms with Crippen LogP contribution in [0.3, 0.4) is 0 Å². The van der Waals surface area contributed by atoms with Crippen molar-refractivity contribution in [3.8, 4) is 11.5 Å². The maximum atomic E-state index is 12.4. The van der Waals surface area contributed by atoms with E-state index in [-0.39, 0.29) is 22.4 Å². The summed E-state index contributed by atoms with van der Waals surface area (Å²) >= 11 is 11.1. The fourth-order valence-electron chi connectivity index (χ4n) is 2.10. The molecule has 1 aliphatic rings. The molecule has 0 atom stereocenters. The molecule has 5 nitrogen and oxygen atoms in total. The summed E-state index contributed by atoms with van der Waals surface area (Å²) in [4.78, 5) is 13.9. The van der Waals surface area contributed by atoms with Gasteiger partial charge in [-0.3, -0.25) is 9.69 Å². The van der Waals surface area contributed by atoms with Gasteiger partial charge in [0.1, 0.15) is 5.70 Å². The lowest BCUT2D eigenvalue weighted by atomic mass is 10.1. The molecule has 1 aliphatic heterocycles. The Hall–Kier alpha value is -1.79. The zero-order valence-electron chi connectivity index (χ0n) is 12.5. The summed E-state index contributed by atoms with van der Waals surface area (Å²) in [5.74, 6) is 0.244. The average molecular weight is 341 g/mol. The molecule has 1 amide bonds. The molecule has 2 rings (SSSR count). The van der Waals surface area contributed by atoms with Crippen molar-refractivity contribution in [2.45, 2.75) is 13.8 Å². The van der Waals surface area contributed by atoms with Gasteiger partial charge in [0, 0.05) is 6.54 Å². The van der Waals surface area contributed by atoms with Crippen molar-refractivity contribution in [1.82, 2.24) is 10.2 Å². The number of aromatic hydroxyl groups is 1. The quantitative estimate of drug-likeness (QED) is 0.652. The first-order valence-corrected chi connectivity index (χ1v) is 7.53. The number of halogens is 1. The molecule has 0 bridgehead atoms. The highest BCUT2D eigenvalue weighted by Gasteiger charge is 2.30. The van der Waals surface area contributed by atoms with E-state index < -0.39 is 0 Å². The summed E-state index contributed by atoms with van der Waals surface area (Å²) in [6.07, 6.45) is 1.63. The molecule has 0 unspecified atom stereocenters. The van der Waals surface area contributed by atoms with Crippen molar-refractivity contribution < 1.29 is 14.6 Å². The Kier molecular flexibility index (Phi) is 4.93. The average Bonchev–Trinajstić information content (AvgIpc) is 2.70. The molecule has 0 aliphatic carbocycles. The number of rotatable bonds is 4. The van der Waals surface area contributed by atoms with Crippen molar-refractivity contribution in [1.29, 1.82) is 0 Å². The highest BCUT2D eigenvalue weighted by molar-refractivity contribution is 7.80. The lowest BCUT2D eigenvalue weighted by molar-refractivity contribution is -0.122. The molecule has 1 fully saturated rings. The number of nitrogens with one attached hydrogen (secondary N) is 1. The van der Waals surface area contributed by atoms with Crippen LogP contribution in [-0.2, 0) is 4.79 Å². The largest absolute Gasteiger partial charge is 0.503 e. The van der Waals surface area contributed by atoms with Gasteiger partial charge in [0.15, 0.2) is 16.6 Å². The maximum Gasteiger partial charge on any atom is 0.276 e. The molecule has 0 radical (unpaired) electrons. The van der Waals surface area contributed by atoms with Gasteiger partial charge in [-0.05, 0) is 41.9 Å². The predicted octanol–water partition coefficient (Wildman–Crippen LogP) is 2.77. The summed E-state index contributed by atoms with van der Waals surface area (Å²) in [7, 11) is 1.43. The minimum atomic E-state index is -0.179. The van der Waals surface area contributed by atoms with E-state index in [4.69, 9.17) is 28.6 Å². The van der Waals surface area contributed by atoms with Gasteiger partial charge in [0.25, 0.3) is 5.91 Å². The number of amides is 1. The van der Waals surface area contributed by atoms with Crippen molar-refractivity contribution in [2.75, 3.05) is 13.7 Å². The van der Waals surface area contributed by atoms with Crippen LogP contribution in [0.2, 0.25) is 5.02 Å². The van der Waals surface area contributed by atoms with E-state index in [1.54, 1.807) is 18.2 Å². The summed E-state index contributed by atoms with van der Waals surface area (Å²) in [5.41, 5.74) is 0.999. The SMILES string of the molecule is COc1cc(C=C2NC(=S)N(CC(C)C)C2=O)cc(Cl)c1O. The second-order valence-electron chi connectivity index (χ2n) is 5.35. The Morgan fingerprint density at radius 3 is 2.77 bits per heavy atom. The molecule has 1 aromatic carbocycles. The van der Waals surface area contributed by atoms with Gasteiger partial charge in [-0.2, -0.15) is 0 Å². The monoisotopic (exact) mass is 340 g/mol. The standard InChI is InChI=1S/C15H17ClN2O3S/c1-8(2)7-18-14(20)11(17-15(18)22)5-9-4-10(16)13(19)12(6-9)21-3/h4-6,8,19H,7H2,1-3H3,(H,17,22). The molecular formula is C15H17ClN2O3S. The number of thiocarbonyl (C=S) groups is 1. The van der Waals surface area contributed by atoms with Crippen LogP contribution in [-0.4, -0.2) is 34.7 Å². The summed E-state index contributed by atoms with van der Waals surface area (Å²) in [5, 5.41) is 13.2. The van der Waals surface area contributed by atoms with E-state index in [0.29, 0.717) is 28.8 Å². The zero-order chi connectivity index (χ0) is 16.4. The van der Waals surface area contributed by atoms with E-state index in [2.05, 4.69) is 5.32 Å². The number of hydrogen-bond donors (Lipinski definition) is 2. The maximum absolute atomic E-state index is 12.4. The molecule has 2 N–H and O–H groups in total. The first-order valence-electron chi connectivity index (χ1n) is 6.74. The molecule has 1 aromatic rings. The Labute approximate surface area is 139 Å². The van der Waals surface area contributed by atoms with Gasteiger partial charge in [-0.1, -0.05) is 25.4 Å². The van der Waals surface area contributed by atoms with Gasteiger partial charge in [0.05, 0.1) is 12.1 Å². The summed E-state index contributed by atoms with van der Waals surface area (Å²) in [6.45, 7) is 4.59. The van der Waals surface area contributed by atoms with Gasteiger partial charge >= 0.3 is 0 Å². The third-order valence-electron chi connectivity index (χ3n) is 3.09. The summed E-state index contributed by atoms with van der Waals surface area (Å²) in [6, 6.07) is 3.15. The molecule has 0 aromatic heterocycles. The second-order valence-corrected chi connectivity index (χ2v) is 6.15. The van der Waals surface area contributed by atoms with Gasteiger partial charge in [-0.15, -0.1) is 0 Å². The number of phenols is 1. The number of methoxy groups -OCH3 is 1. The predicted molar refractivity (Wildman–Crippen MR) is 89.9 cm³/mol. The number of benzene rings is 1. The van der Waals surface area contributed by atoms with Crippen molar-refractivity contribution in [2.24, 2.45) is 5.92 Å². The molecule has 7 heteroatoms. The van der Waals surface area contributed by atoms with Gasteiger partial charge in [-0.25, -0.2) is 0 Å². The van der Waals surface area contributed by atoms with Crippen LogP contribution in [0, 0.1) is 5.92 Å². The van der Waals surface area contributed by atoms with Crippen molar-refractivity contribution >= 4 is 40.9 Å². The number of carbonyl (C=O) groups excluding carboxylic acids is 1. The lowest BCUT2D eigenvalue weighted by Crippen LogP contribution is -2.33. The number of nitrogens with zero attached hydrogens (tertiary/aromatic N) is 1. The number of ether oxygens (including phenoxy) is 1. The van der Waals surface area contributed by atoms with E-state index in [0.717, 1.165) is 0 Å². The first kappa shape index (κ1) is 16.6. The lowest BCUT2D eigenvalue weighted by Gasteiger charge is -2.15. The Morgan fingerprint density at radius 2 is 2.18 bits per heavy atom. The Balaban J connectivity index is 2.33. The first-order chi connectivity index (χ1) is 10.3. The fourth-order valence-corrected chi connectivity index (χ4v) is 2.59. The fraction of sp³-hybridized carbons (Fsp3) is 0.333. The van der Waals surface area contributed by atoms with Crippen LogP contribution in [0.1, 0.15) is 19.4 Å². The highest BCUT2D eigenvalue weighted by Crippen LogP contribution is 2.35. The third-order valence-corrected chi connectivity index (χ3v) is 3.70. The molecule has 1 heterocycles. The van der Waals surface area contributed by atoms with Crippen LogP contribution < -0.4 is 10.1 Å². The Morgan fingerprint density at radius 1 is 1.50 bits per heavy atom.